The van der Waals surface area contributed by atoms with Crippen molar-refractivity contribution >= 4 is 5.65 Å². The van der Waals surface area contributed by atoms with Gasteiger partial charge in [0, 0.05) is 6.07 Å². The maximum Gasteiger partial charge on any atom is 0.453 e. The van der Waals surface area contributed by atoms with Crippen molar-refractivity contribution in [3.8, 4) is 22.8 Å². The highest BCUT2D eigenvalue weighted by atomic mass is 19.4. The lowest BCUT2D eigenvalue weighted by Gasteiger charge is -2.08. The summed E-state index contributed by atoms with van der Waals surface area (Å²) in [5.74, 6) is -0.752. The number of fused-ring (bicyclic) bond motifs is 1. The molecule has 2 aromatic carbocycles. The molecule has 8 heteroatoms. The number of halogens is 3. The minimum absolute atomic E-state index is 0.00125. The van der Waals surface area contributed by atoms with Crippen molar-refractivity contribution in [1.82, 2.24) is 19.8 Å². The summed E-state index contributed by atoms with van der Waals surface area (Å²) < 4.78 is 45.1. The minimum atomic E-state index is -4.66. The predicted octanol–water partition coefficient (Wildman–Crippen LogP) is 4.40. The SMILES string of the molecule is FC(F)(F)c1nnc2ccc(Oc3cccc(-c4cc[c]cc4)c3)nn12. The Morgan fingerprint density at radius 2 is 1.73 bits per heavy atom. The Kier molecular flexibility index (Phi) is 3.80. The summed E-state index contributed by atoms with van der Waals surface area (Å²) in [6.07, 6.45) is -4.66. The van der Waals surface area contributed by atoms with Gasteiger partial charge in [-0.2, -0.15) is 17.7 Å². The Hall–Kier alpha value is -3.42. The number of alkyl halides is 3. The van der Waals surface area contributed by atoms with E-state index in [0.29, 0.717) is 10.3 Å². The molecule has 0 amide bonds. The van der Waals surface area contributed by atoms with E-state index in [4.69, 9.17) is 4.74 Å². The van der Waals surface area contributed by atoms with Gasteiger partial charge in [-0.1, -0.05) is 36.4 Å². The highest BCUT2D eigenvalue weighted by molar-refractivity contribution is 5.64. The number of ether oxygens (including phenoxy) is 1. The molecule has 0 spiro atoms. The summed E-state index contributed by atoms with van der Waals surface area (Å²) in [5.41, 5.74) is 1.85. The van der Waals surface area contributed by atoms with Crippen LogP contribution in [-0.2, 0) is 6.18 Å². The summed E-state index contributed by atoms with van der Waals surface area (Å²) in [6, 6.07) is 20.3. The van der Waals surface area contributed by atoms with Gasteiger partial charge in [0.05, 0.1) is 0 Å². The third-order valence-corrected chi connectivity index (χ3v) is 3.60. The van der Waals surface area contributed by atoms with Crippen LogP contribution in [0.15, 0.2) is 60.7 Å². The Morgan fingerprint density at radius 3 is 2.50 bits per heavy atom. The van der Waals surface area contributed by atoms with Gasteiger partial charge in [-0.3, -0.25) is 0 Å². The molecule has 26 heavy (non-hydrogen) atoms. The van der Waals surface area contributed by atoms with Crippen LogP contribution in [0.2, 0.25) is 0 Å². The van der Waals surface area contributed by atoms with Gasteiger partial charge in [0.2, 0.25) is 5.88 Å². The third-order valence-electron chi connectivity index (χ3n) is 3.60. The van der Waals surface area contributed by atoms with Crippen molar-refractivity contribution in [3.63, 3.8) is 0 Å². The molecule has 0 N–H and O–H groups in total. The quantitative estimate of drug-likeness (QED) is 0.546. The predicted molar refractivity (Wildman–Crippen MR) is 86.6 cm³/mol. The van der Waals surface area contributed by atoms with Gasteiger partial charge in [-0.15, -0.1) is 15.3 Å². The molecule has 0 atom stereocenters. The van der Waals surface area contributed by atoms with E-state index in [1.807, 2.05) is 18.2 Å². The lowest BCUT2D eigenvalue weighted by atomic mass is 10.1. The first-order chi connectivity index (χ1) is 12.5. The molecule has 0 fully saturated rings. The van der Waals surface area contributed by atoms with Crippen molar-refractivity contribution in [2.45, 2.75) is 6.18 Å². The van der Waals surface area contributed by atoms with Gasteiger partial charge in [-0.05, 0) is 35.4 Å². The van der Waals surface area contributed by atoms with Crippen LogP contribution < -0.4 is 4.74 Å². The molecule has 0 unspecified atom stereocenters. The zero-order valence-electron chi connectivity index (χ0n) is 13.1. The largest absolute Gasteiger partial charge is 0.453 e. The van der Waals surface area contributed by atoms with Crippen LogP contribution in [0.3, 0.4) is 0 Å². The summed E-state index contributed by atoms with van der Waals surface area (Å²) in [4.78, 5) is 0. The summed E-state index contributed by atoms with van der Waals surface area (Å²) >= 11 is 0. The number of rotatable bonds is 3. The molecule has 2 aromatic heterocycles. The second-order valence-corrected chi connectivity index (χ2v) is 5.38. The molecule has 2 heterocycles. The highest BCUT2D eigenvalue weighted by Gasteiger charge is 2.37. The smallest absolute Gasteiger partial charge is 0.438 e. The molecule has 1 radical (unpaired) electrons. The number of aromatic nitrogens is 4. The molecular formula is C18H10F3N4O. The van der Waals surface area contributed by atoms with E-state index < -0.39 is 12.0 Å². The molecule has 4 aromatic rings. The Bertz CT molecular complexity index is 1060. The van der Waals surface area contributed by atoms with E-state index in [-0.39, 0.29) is 11.5 Å². The minimum Gasteiger partial charge on any atom is -0.438 e. The molecule has 0 aliphatic rings. The number of nitrogens with zero attached hydrogens (tertiary/aromatic N) is 4. The third kappa shape index (κ3) is 3.08. The van der Waals surface area contributed by atoms with Gasteiger partial charge in [0.25, 0.3) is 5.82 Å². The Labute approximate surface area is 145 Å². The fourth-order valence-electron chi connectivity index (χ4n) is 2.44. The van der Waals surface area contributed by atoms with Crippen molar-refractivity contribution in [1.29, 1.82) is 0 Å². The maximum absolute atomic E-state index is 12.9. The molecule has 0 bridgehead atoms. The van der Waals surface area contributed by atoms with Gasteiger partial charge in [0.1, 0.15) is 5.75 Å². The van der Waals surface area contributed by atoms with Crippen molar-refractivity contribution in [2.75, 3.05) is 0 Å². The standard InChI is InChI=1S/C18H10F3N4O/c19-18(20,21)17-23-22-15-9-10-16(24-25(15)17)26-14-8-4-7-13(11-14)12-5-2-1-3-6-12/h2-11H. The zero-order chi connectivity index (χ0) is 18.1. The van der Waals surface area contributed by atoms with E-state index in [1.54, 1.807) is 30.3 Å². The molecule has 5 nitrogen and oxygen atoms in total. The van der Waals surface area contributed by atoms with Gasteiger partial charge >= 0.3 is 6.18 Å². The lowest BCUT2D eigenvalue weighted by molar-refractivity contribution is -0.146. The summed E-state index contributed by atoms with van der Waals surface area (Å²) in [5, 5.41) is 10.4. The van der Waals surface area contributed by atoms with Crippen LogP contribution in [0, 0.1) is 6.07 Å². The van der Waals surface area contributed by atoms with E-state index in [2.05, 4.69) is 21.4 Å². The van der Waals surface area contributed by atoms with Crippen LogP contribution in [0.4, 0.5) is 13.2 Å². The van der Waals surface area contributed by atoms with Crippen LogP contribution in [0.1, 0.15) is 5.82 Å². The van der Waals surface area contributed by atoms with Gasteiger partial charge in [-0.25, -0.2) is 0 Å². The van der Waals surface area contributed by atoms with Crippen LogP contribution in [-0.4, -0.2) is 19.8 Å². The van der Waals surface area contributed by atoms with Crippen LogP contribution in [0.25, 0.3) is 16.8 Å². The lowest BCUT2D eigenvalue weighted by Crippen LogP contribution is -2.12. The zero-order valence-corrected chi connectivity index (χ0v) is 13.1. The Balaban J connectivity index is 1.67. The molecule has 0 saturated carbocycles. The normalized spacial score (nSPS) is 11.7. The molecule has 129 valence electrons. The number of hydrogen-bond donors (Lipinski definition) is 0. The molecular weight excluding hydrogens is 345 g/mol. The van der Waals surface area contributed by atoms with E-state index in [9.17, 15) is 13.2 Å². The first kappa shape index (κ1) is 16.1. The second kappa shape index (κ2) is 6.14. The van der Waals surface area contributed by atoms with Crippen LogP contribution in [0.5, 0.6) is 11.6 Å². The Morgan fingerprint density at radius 1 is 0.923 bits per heavy atom. The molecule has 0 saturated heterocycles. The van der Waals surface area contributed by atoms with Crippen molar-refractivity contribution in [3.05, 3.63) is 72.6 Å². The molecule has 0 aliphatic carbocycles. The van der Waals surface area contributed by atoms with Crippen molar-refractivity contribution in [2.24, 2.45) is 0 Å². The fourth-order valence-corrected chi connectivity index (χ4v) is 2.44. The van der Waals surface area contributed by atoms with Gasteiger partial charge in [0.15, 0.2) is 5.65 Å². The average Bonchev–Trinajstić information content (AvgIpc) is 3.06. The second-order valence-electron chi connectivity index (χ2n) is 5.38. The van der Waals surface area contributed by atoms with E-state index in [1.165, 1.54) is 12.1 Å². The summed E-state index contributed by atoms with van der Waals surface area (Å²) in [7, 11) is 0. The first-order valence-electron chi connectivity index (χ1n) is 7.55. The first-order valence-corrected chi connectivity index (χ1v) is 7.55. The maximum atomic E-state index is 12.9. The average molecular weight is 355 g/mol. The number of benzene rings is 2. The summed E-state index contributed by atoms with van der Waals surface area (Å²) in [6.45, 7) is 0. The fraction of sp³-hybridized carbons (Fsp3) is 0.0556. The monoisotopic (exact) mass is 355 g/mol. The number of hydrogen-bond acceptors (Lipinski definition) is 4. The molecule has 4 rings (SSSR count). The van der Waals surface area contributed by atoms with E-state index in [0.717, 1.165) is 11.1 Å². The van der Waals surface area contributed by atoms with Crippen molar-refractivity contribution < 1.29 is 17.9 Å². The van der Waals surface area contributed by atoms with E-state index >= 15 is 0 Å². The molecule has 0 aliphatic heterocycles. The van der Waals surface area contributed by atoms with Gasteiger partial charge < -0.3 is 4.74 Å². The van der Waals surface area contributed by atoms with Crippen LogP contribution >= 0.6 is 0 Å². The topological polar surface area (TPSA) is 52.3 Å². The highest BCUT2D eigenvalue weighted by Crippen LogP contribution is 2.29.